The fourth-order valence-corrected chi connectivity index (χ4v) is 2.06. The summed E-state index contributed by atoms with van der Waals surface area (Å²) in [6.07, 6.45) is 2.49. The Morgan fingerprint density at radius 1 is 1.57 bits per heavy atom. The lowest BCUT2D eigenvalue weighted by Crippen LogP contribution is -2.41. The summed E-state index contributed by atoms with van der Waals surface area (Å²) in [5, 5.41) is 9.42. The number of likely N-dealkylation sites (tertiary alicyclic amines) is 1. The van der Waals surface area contributed by atoms with Gasteiger partial charge in [0.2, 0.25) is 5.91 Å². The van der Waals surface area contributed by atoms with Gasteiger partial charge in [-0.1, -0.05) is 13.3 Å². The van der Waals surface area contributed by atoms with E-state index in [2.05, 4.69) is 6.92 Å². The molecule has 0 radical (unpaired) electrons. The van der Waals surface area contributed by atoms with Crippen LogP contribution in [0.25, 0.3) is 0 Å². The van der Waals surface area contributed by atoms with E-state index in [0.717, 1.165) is 19.4 Å². The minimum absolute atomic E-state index is 0.0376. The van der Waals surface area contributed by atoms with E-state index in [1.165, 1.54) is 0 Å². The van der Waals surface area contributed by atoms with Crippen LogP contribution in [0, 0.1) is 5.92 Å². The molecule has 1 rings (SSSR count). The molecule has 1 saturated heterocycles. The molecule has 0 spiro atoms. The third-order valence-corrected chi connectivity index (χ3v) is 3.13. The van der Waals surface area contributed by atoms with Crippen molar-refractivity contribution < 1.29 is 9.90 Å². The first kappa shape index (κ1) is 11.5. The predicted molar refractivity (Wildman–Crippen MR) is 55.9 cm³/mol. The molecule has 1 heterocycles. The van der Waals surface area contributed by atoms with E-state index in [1.54, 1.807) is 6.92 Å². The van der Waals surface area contributed by atoms with Gasteiger partial charge in [0, 0.05) is 13.0 Å². The Balaban J connectivity index is 2.52. The maximum atomic E-state index is 11.6. The van der Waals surface area contributed by atoms with Gasteiger partial charge < -0.3 is 10.0 Å². The lowest BCUT2D eigenvalue weighted by molar-refractivity contribution is -0.131. The molecule has 1 amide bonds. The summed E-state index contributed by atoms with van der Waals surface area (Å²) < 4.78 is 0. The van der Waals surface area contributed by atoms with Gasteiger partial charge >= 0.3 is 0 Å². The topological polar surface area (TPSA) is 40.5 Å². The predicted octanol–water partition coefficient (Wildman–Crippen LogP) is 1.40. The molecule has 0 aromatic rings. The summed E-state index contributed by atoms with van der Waals surface area (Å²) in [5.74, 6) is 0.713. The highest BCUT2D eigenvalue weighted by Crippen LogP contribution is 2.24. The zero-order valence-corrected chi connectivity index (χ0v) is 9.36. The number of aliphatic hydroxyl groups excluding tert-OH is 1. The molecule has 3 nitrogen and oxygen atoms in total. The van der Waals surface area contributed by atoms with E-state index in [4.69, 9.17) is 0 Å². The molecule has 0 aliphatic carbocycles. The van der Waals surface area contributed by atoms with Crippen molar-refractivity contribution in [1.29, 1.82) is 0 Å². The minimum Gasteiger partial charge on any atom is -0.391 e. The van der Waals surface area contributed by atoms with Gasteiger partial charge in [0.15, 0.2) is 0 Å². The second kappa shape index (κ2) is 4.78. The van der Waals surface area contributed by atoms with Gasteiger partial charge in [-0.05, 0) is 26.2 Å². The van der Waals surface area contributed by atoms with Gasteiger partial charge in [-0.3, -0.25) is 4.79 Å². The molecule has 3 unspecified atom stereocenters. The van der Waals surface area contributed by atoms with Gasteiger partial charge in [0.1, 0.15) is 0 Å². The summed E-state index contributed by atoms with van der Waals surface area (Å²) in [6, 6.07) is -0.0376. The third-order valence-electron chi connectivity index (χ3n) is 3.13. The van der Waals surface area contributed by atoms with Gasteiger partial charge in [-0.25, -0.2) is 0 Å². The number of carbonyl (C=O) groups excluding carboxylic acids is 1. The molecule has 1 fully saturated rings. The molecule has 1 aliphatic rings. The van der Waals surface area contributed by atoms with Crippen LogP contribution in [0.3, 0.4) is 0 Å². The van der Waals surface area contributed by atoms with Crippen molar-refractivity contribution in [3.8, 4) is 0 Å². The number of hydrogen-bond donors (Lipinski definition) is 1. The average Bonchev–Trinajstić information content (AvgIpc) is 2.46. The standard InChI is InChI=1S/C11H21NO2/c1-4-5-10-6-11(14)12(7-10)8(2)9(3)13/h8-10,13H,4-7H2,1-3H3. The third kappa shape index (κ3) is 2.47. The van der Waals surface area contributed by atoms with E-state index >= 15 is 0 Å². The molecule has 3 atom stereocenters. The first-order valence-electron chi connectivity index (χ1n) is 5.53. The average molecular weight is 199 g/mol. The molecule has 0 saturated carbocycles. The maximum absolute atomic E-state index is 11.6. The Morgan fingerprint density at radius 3 is 2.71 bits per heavy atom. The van der Waals surface area contributed by atoms with E-state index in [-0.39, 0.29) is 11.9 Å². The first-order valence-corrected chi connectivity index (χ1v) is 5.53. The smallest absolute Gasteiger partial charge is 0.223 e. The number of nitrogens with zero attached hydrogens (tertiary/aromatic N) is 1. The van der Waals surface area contributed by atoms with Crippen LogP contribution in [0.4, 0.5) is 0 Å². The number of amides is 1. The molecule has 14 heavy (non-hydrogen) atoms. The van der Waals surface area contributed by atoms with E-state index in [1.807, 2.05) is 11.8 Å². The molecule has 3 heteroatoms. The van der Waals surface area contributed by atoms with Crippen molar-refractivity contribution in [3.63, 3.8) is 0 Å². The van der Waals surface area contributed by atoms with Crippen LogP contribution in [0.1, 0.15) is 40.0 Å². The number of carbonyl (C=O) groups is 1. The summed E-state index contributed by atoms with van der Waals surface area (Å²) in [7, 11) is 0. The van der Waals surface area contributed by atoms with Gasteiger partial charge in [0.25, 0.3) is 0 Å². The normalized spacial score (nSPS) is 26.7. The minimum atomic E-state index is -0.431. The molecule has 0 bridgehead atoms. The molecule has 82 valence electrons. The van der Waals surface area contributed by atoms with Crippen LogP contribution < -0.4 is 0 Å². The summed E-state index contributed by atoms with van der Waals surface area (Å²) in [6.45, 7) is 6.63. The van der Waals surface area contributed by atoms with Crippen molar-refractivity contribution in [3.05, 3.63) is 0 Å². The van der Waals surface area contributed by atoms with Crippen molar-refractivity contribution in [2.75, 3.05) is 6.54 Å². The van der Waals surface area contributed by atoms with Crippen LogP contribution in [0.5, 0.6) is 0 Å². The molecular weight excluding hydrogens is 178 g/mol. The van der Waals surface area contributed by atoms with Crippen molar-refractivity contribution in [1.82, 2.24) is 4.90 Å². The van der Waals surface area contributed by atoms with Crippen molar-refractivity contribution >= 4 is 5.91 Å². The first-order chi connectivity index (χ1) is 6.56. The Bertz CT molecular complexity index is 203. The Labute approximate surface area is 86.1 Å². The Hall–Kier alpha value is -0.570. The number of aliphatic hydroxyl groups is 1. The molecule has 1 aliphatic heterocycles. The van der Waals surface area contributed by atoms with Gasteiger partial charge in [0.05, 0.1) is 12.1 Å². The van der Waals surface area contributed by atoms with Crippen LogP contribution in [0.15, 0.2) is 0 Å². The van der Waals surface area contributed by atoms with Gasteiger partial charge in [-0.15, -0.1) is 0 Å². The fourth-order valence-electron chi connectivity index (χ4n) is 2.06. The fraction of sp³-hybridized carbons (Fsp3) is 0.909. The summed E-state index contributed by atoms with van der Waals surface area (Å²) in [4.78, 5) is 13.4. The highest BCUT2D eigenvalue weighted by Gasteiger charge is 2.33. The Kier molecular flexibility index (Phi) is 3.93. The van der Waals surface area contributed by atoms with Crippen molar-refractivity contribution in [2.45, 2.75) is 52.2 Å². The highest BCUT2D eigenvalue weighted by atomic mass is 16.3. The number of rotatable bonds is 4. The SMILES string of the molecule is CCCC1CC(=O)N(C(C)C(C)O)C1. The molecule has 0 aromatic carbocycles. The zero-order valence-electron chi connectivity index (χ0n) is 9.36. The second-order valence-corrected chi connectivity index (χ2v) is 4.39. The largest absolute Gasteiger partial charge is 0.391 e. The van der Waals surface area contributed by atoms with Crippen molar-refractivity contribution in [2.24, 2.45) is 5.92 Å². The Morgan fingerprint density at radius 2 is 2.21 bits per heavy atom. The van der Waals surface area contributed by atoms with E-state index in [9.17, 15) is 9.90 Å². The summed E-state index contributed by atoms with van der Waals surface area (Å²) >= 11 is 0. The monoisotopic (exact) mass is 199 g/mol. The molecule has 1 N–H and O–H groups in total. The molecular formula is C11H21NO2. The number of hydrogen-bond acceptors (Lipinski definition) is 2. The van der Waals surface area contributed by atoms with Crippen LogP contribution in [-0.4, -0.2) is 34.6 Å². The quantitative estimate of drug-likeness (QED) is 0.743. The molecule has 0 aromatic heterocycles. The highest BCUT2D eigenvalue weighted by molar-refractivity contribution is 5.79. The van der Waals surface area contributed by atoms with E-state index in [0.29, 0.717) is 12.3 Å². The van der Waals surface area contributed by atoms with Gasteiger partial charge in [-0.2, -0.15) is 0 Å². The zero-order chi connectivity index (χ0) is 10.7. The maximum Gasteiger partial charge on any atom is 0.223 e. The van der Waals surface area contributed by atoms with Crippen LogP contribution in [-0.2, 0) is 4.79 Å². The summed E-state index contributed by atoms with van der Waals surface area (Å²) in [5.41, 5.74) is 0. The second-order valence-electron chi connectivity index (χ2n) is 4.39. The lowest BCUT2D eigenvalue weighted by atomic mass is 10.0. The van der Waals surface area contributed by atoms with Crippen LogP contribution in [0.2, 0.25) is 0 Å². The van der Waals surface area contributed by atoms with Crippen LogP contribution >= 0.6 is 0 Å². The lowest BCUT2D eigenvalue weighted by Gasteiger charge is -2.27. The van der Waals surface area contributed by atoms with E-state index < -0.39 is 6.10 Å².